The minimum Gasteiger partial charge on any atom is -0.496 e. The molecule has 49 heavy (non-hydrogen) atoms. The molecule has 0 bridgehead atoms. The van der Waals surface area contributed by atoms with Crippen LogP contribution in [0, 0.1) is 0 Å². The molecule has 260 valence electrons. The Hall–Kier alpha value is -5.40. The van der Waals surface area contributed by atoms with Crippen molar-refractivity contribution in [1.29, 1.82) is 0 Å². The predicted octanol–water partition coefficient (Wildman–Crippen LogP) is 3.25. The fourth-order valence-corrected chi connectivity index (χ4v) is 6.23. The van der Waals surface area contributed by atoms with Crippen LogP contribution in [-0.4, -0.2) is 114 Å². The maximum Gasteiger partial charge on any atom is 0.409 e. The number of para-hydroxylation sites is 2. The summed E-state index contributed by atoms with van der Waals surface area (Å²) in [5, 5.41) is 12.6. The predicted molar refractivity (Wildman–Crippen MR) is 177 cm³/mol. The Morgan fingerprint density at radius 3 is 2.41 bits per heavy atom. The zero-order valence-electron chi connectivity index (χ0n) is 27.6. The van der Waals surface area contributed by atoms with Crippen LogP contribution in [0.5, 0.6) is 11.5 Å². The lowest BCUT2D eigenvalue weighted by Gasteiger charge is -2.35. The molecule has 14 heteroatoms. The lowest BCUT2D eigenvalue weighted by Crippen LogP contribution is -2.56. The Morgan fingerprint density at radius 2 is 1.67 bits per heavy atom. The number of carbonyl (C=O) groups excluding carboxylic acids is 4. The summed E-state index contributed by atoms with van der Waals surface area (Å²) in [4.78, 5) is 73.4. The lowest BCUT2D eigenvalue weighted by atomic mass is 10.0. The molecule has 0 aliphatic carbocycles. The third-order valence-corrected chi connectivity index (χ3v) is 8.70. The molecule has 2 aromatic carbocycles. The number of nitrogens with zero attached hydrogens (tertiary/aromatic N) is 4. The number of carboxylic acid groups (broad SMARTS) is 1. The zero-order valence-corrected chi connectivity index (χ0v) is 27.6. The van der Waals surface area contributed by atoms with E-state index in [0.717, 1.165) is 18.4 Å². The molecule has 1 unspecified atom stereocenters. The summed E-state index contributed by atoms with van der Waals surface area (Å²) in [6, 6.07) is 14.7. The number of piperazine rings is 1. The number of nitrogens with one attached hydrogen (secondary N) is 1. The van der Waals surface area contributed by atoms with E-state index in [1.807, 2.05) is 24.3 Å². The number of carbonyl (C=O) groups is 5. The number of aromatic nitrogens is 1. The Morgan fingerprint density at radius 1 is 0.959 bits per heavy atom. The highest BCUT2D eigenvalue weighted by Crippen LogP contribution is 2.37. The maximum absolute atomic E-state index is 13.6. The molecule has 2 aliphatic heterocycles. The van der Waals surface area contributed by atoms with Crippen molar-refractivity contribution in [2.45, 2.75) is 44.7 Å². The van der Waals surface area contributed by atoms with Gasteiger partial charge in [0.15, 0.2) is 6.61 Å². The van der Waals surface area contributed by atoms with Crippen molar-refractivity contribution in [3.05, 3.63) is 65.9 Å². The number of methoxy groups -OCH3 is 1. The molecule has 2 saturated heterocycles. The molecule has 0 saturated carbocycles. The van der Waals surface area contributed by atoms with Gasteiger partial charge in [-0.3, -0.25) is 19.2 Å². The molecule has 2 atom stereocenters. The second-order valence-corrected chi connectivity index (χ2v) is 11.8. The number of hydrogen-bond acceptors (Lipinski definition) is 9. The highest BCUT2D eigenvalue weighted by atomic mass is 16.6. The fraction of sp³-hybridized carbons (Fsp3) is 0.429. The number of likely N-dealkylation sites (tertiary alicyclic amines) is 1. The van der Waals surface area contributed by atoms with E-state index in [0.29, 0.717) is 23.2 Å². The summed E-state index contributed by atoms with van der Waals surface area (Å²) >= 11 is 0. The van der Waals surface area contributed by atoms with Gasteiger partial charge in [-0.25, -0.2) is 9.78 Å². The molecule has 14 nitrogen and oxygen atoms in total. The van der Waals surface area contributed by atoms with Gasteiger partial charge in [0.1, 0.15) is 23.2 Å². The molecule has 0 spiro atoms. The normalized spacial score (nSPS) is 16.6. The number of aliphatic carboxylic acids is 1. The quantitative estimate of drug-likeness (QED) is 0.291. The van der Waals surface area contributed by atoms with Gasteiger partial charge in [0.25, 0.3) is 11.8 Å². The summed E-state index contributed by atoms with van der Waals surface area (Å²) in [7, 11) is 1.60. The van der Waals surface area contributed by atoms with E-state index in [2.05, 4.69) is 10.3 Å². The Kier molecular flexibility index (Phi) is 11.5. The van der Waals surface area contributed by atoms with Crippen LogP contribution in [0.1, 0.15) is 54.7 Å². The lowest BCUT2D eigenvalue weighted by molar-refractivity contribution is -0.138. The van der Waals surface area contributed by atoms with Gasteiger partial charge >= 0.3 is 12.1 Å². The smallest absolute Gasteiger partial charge is 0.409 e. The van der Waals surface area contributed by atoms with Gasteiger partial charge in [0, 0.05) is 56.2 Å². The van der Waals surface area contributed by atoms with E-state index < -0.39 is 29.9 Å². The van der Waals surface area contributed by atoms with Gasteiger partial charge in [-0.15, -0.1) is 0 Å². The highest BCUT2D eigenvalue weighted by Gasteiger charge is 2.33. The average Bonchev–Trinajstić information content (AvgIpc) is 3.62. The summed E-state index contributed by atoms with van der Waals surface area (Å²) in [6.45, 7) is 3.12. The third-order valence-electron chi connectivity index (χ3n) is 8.70. The number of fused-ring (bicyclic) bond motifs is 1. The van der Waals surface area contributed by atoms with Crippen molar-refractivity contribution >= 4 is 40.7 Å². The van der Waals surface area contributed by atoms with E-state index in [9.17, 15) is 29.1 Å². The van der Waals surface area contributed by atoms with Crippen molar-refractivity contribution in [3.8, 4) is 11.5 Å². The molecular weight excluding hydrogens is 634 g/mol. The molecule has 3 aromatic rings. The maximum atomic E-state index is 13.6. The van der Waals surface area contributed by atoms with E-state index in [4.69, 9.17) is 14.2 Å². The average molecular weight is 676 g/mol. The molecule has 0 radical (unpaired) electrons. The Bertz CT molecular complexity index is 1690. The molecule has 2 aliphatic rings. The van der Waals surface area contributed by atoms with Gasteiger partial charge in [-0.05, 0) is 44.4 Å². The molecule has 2 fully saturated rings. The standard InChI is InChI=1S/C35H41N5O9/c1-3-48-35(46)39-19-17-38(18-20-39)34(45)26(14-15-32(42)43)37-33(44)27-21-30(23-9-4-6-11-25(23)36-27)49-22-31(41)40-16-8-12-28(40)24-10-5-7-13-29(24)47-2/h4-7,9-11,13,21,26,28H,3,8,12,14-20,22H2,1-2H3,(H,37,44)(H,42,43)/t26-,28?/m0/s1. The number of amides is 4. The number of rotatable bonds is 12. The van der Waals surface area contributed by atoms with Gasteiger partial charge in [-0.2, -0.15) is 0 Å². The SMILES string of the molecule is CCOC(=O)N1CCN(C(=O)[C@H](CCC(=O)O)NC(=O)c2cc(OCC(=O)N3CCCC3c3ccccc3OC)c3ccccc3n2)CC1. The number of benzene rings is 2. The van der Waals surface area contributed by atoms with Crippen molar-refractivity contribution in [3.63, 3.8) is 0 Å². The van der Waals surface area contributed by atoms with Crippen LogP contribution in [0.4, 0.5) is 4.79 Å². The summed E-state index contributed by atoms with van der Waals surface area (Å²) < 4.78 is 16.6. The van der Waals surface area contributed by atoms with E-state index in [-0.39, 0.29) is 75.6 Å². The number of hydrogen-bond donors (Lipinski definition) is 2. The first-order valence-corrected chi connectivity index (χ1v) is 16.4. The topological polar surface area (TPSA) is 168 Å². The minimum absolute atomic E-state index is 0.0607. The first kappa shape index (κ1) is 34.9. The summed E-state index contributed by atoms with van der Waals surface area (Å²) in [6.07, 6.45) is 0.654. The molecule has 3 heterocycles. The molecule has 4 amide bonds. The van der Waals surface area contributed by atoms with Gasteiger partial charge < -0.3 is 39.3 Å². The van der Waals surface area contributed by atoms with E-state index in [1.165, 1.54) is 15.9 Å². The number of ether oxygens (including phenoxy) is 3. The zero-order chi connectivity index (χ0) is 34.9. The van der Waals surface area contributed by atoms with Gasteiger partial charge in [0.05, 0.1) is 25.3 Å². The second kappa shape index (κ2) is 16.1. The second-order valence-electron chi connectivity index (χ2n) is 11.8. The Labute approximate surface area is 283 Å². The van der Waals surface area contributed by atoms with Crippen molar-refractivity contribution in [1.82, 2.24) is 25.0 Å². The first-order chi connectivity index (χ1) is 23.7. The monoisotopic (exact) mass is 675 g/mol. The Balaban J connectivity index is 1.30. The van der Waals surface area contributed by atoms with Crippen LogP contribution >= 0.6 is 0 Å². The van der Waals surface area contributed by atoms with Crippen LogP contribution in [0.3, 0.4) is 0 Å². The van der Waals surface area contributed by atoms with Crippen molar-refractivity contribution in [2.24, 2.45) is 0 Å². The first-order valence-electron chi connectivity index (χ1n) is 16.4. The van der Waals surface area contributed by atoms with Crippen LogP contribution in [0.2, 0.25) is 0 Å². The third kappa shape index (κ3) is 8.37. The largest absolute Gasteiger partial charge is 0.496 e. The highest BCUT2D eigenvalue weighted by molar-refractivity contribution is 5.99. The van der Waals surface area contributed by atoms with Crippen LogP contribution < -0.4 is 14.8 Å². The van der Waals surface area contributed by atoms with Crippen LogP contribution in [-0.2, 0) is 19.1 Å². The van der Waals surface area contributed by atoms with E-state index >= 15 is 0 Å². The number of carboxylic acids is 1. The van der Waals surface area contributed by atoms with Crippen LogP contribution in [0.15, 0.2) is 54.6 Å². The fourth-order valence-electron chi connectivity index (χ4n) is 6.23. The van der Waals surface area contributed by atoms with Gasteiger partial charge in [-0.1, -0.05) is 30.3 Å². The van der Waals surface area contributed by atoms with Crippen molar-refractivity contribution < 1.29 is 43.3 Å². The molecule has 5 rings (SSSR count). The summed E-state index contributed by atoms with van der Waals surface area (Å²) in [5.74, 6) is -1.52. The minimum atomic E-state index is -1.15. The van der Waals surface area contributed by atoms with Crippen molar-refractivity contribution in [2.75, 3.05) is 53.0 Å². The van der Waals surface area contributed by atoms with Gasteiger partial charge in [0.2, 0.25) is 5.91 Å². The molecule has 1 aromatic heterocycles. The molecule has 2 N–H and O–H groups in total. The number of pyridine rings is 1. The van der Waals surface area contributed by atoms with E-state index in [1.54, 1.807) is 43.2 Å². The molecular formula is C35H41N5O9. The van der Waals surface area contributed by atoms with Crippen LogP contribution in [0.25, 0.3) is 10.9 Å². The summed E-state index contributed by atoms with van der Waals surface area (Å²) in [5.41, 5.74) is 1.31.